The zero-order chi connectivity index (χ0) is 14.1. The minimum atomic E-state index is 0.0468. The van der Waals surface area contributed by atoms with Crippen molar-refractivity contribution in [1.82, 2.24) is 15.2 Å². The van der Waals surface area contributed by atoms with Crippen molar-refractivity contribution in [2.75, 3.05) is 0 Å². The van der Waals surface area contributed by atoms with E-state index in [1.54, 1.807) is 12.1 Å². The Labute approximate surface area is 115 Å². The van der Waals surface area contributed by atoms with Gasteiger partial charge in [-0.1, -0.05) is 29.4 Å². The Morgan fingerprint density at radius 1 is 0.950 bits per heavy atom. The number of benzene rings is 2. The van der Waals surface area contributed by atoms with Crippen LogP contribution in [0.25, 0.3) is 10.8 Å². The Morgan fingerprint density at radius 3 is 2.35 bits per heavy atom. The molecular formula is C15H13N3O2. The largest absolute Gasteiger partial charge is 0.504 e. The monoisotopic (exact) mass is 267 g/mol. The summed E-state index contributed by atoms with van der Waals surface area (Å²) in [7, 11) is 0. The van der Waals surface area contributed by atoms with Crippen LogP contribution in [-0.4, -0.2) is 20.3 Å². The highest BCUT2D eigenvalue weighted by atomic mass is 16.5. The molecule has 3 aromatic rings. The van der Waals surface area contributed by atoms with E-state index >= 15 is 0 Å². The van der Waals surface area contributed by atoms with Crippen molar-refractivity contribution in [3.8, 4) is 17.5 Å². The van der Waals surface area contributed by atoms with Gasteiger partial charge in [-0.3, -0.25) is 0 Å². The van der Waals surface area contributed by atoms with Gasteiger partial charge in [-0.2, -0.15) is 4.98 Å². The van der Waals surface area contributed by atoms with Gasteiger partial charge >= 0.3 is 6.01 Å². The first-order chi connectivity index (χ1) is 9.63. The summed E-state index contributed by atoms with van der Waals surface area (Å²) in [4.78, 5) is 4.18. The maximum absolute atomic E-state index is 9.99. The van der Waals surface area contributed by atoms with E-state index in [1.165, 1.54) is 0 Å². The maximum atomic E-state index is 9.99. The van der Waals surface area contributed by atoms with Gasteiger partial charge in [0.15, 0.2) is 11.5 Å². The molecule has 0 unspecified atom stereocenters. The van der Waals surface area contributed by atoms with Crippen LogP contribution in [-0.2, 0) is 0 Å². The molecule has 0 aliphatic rings. The molecule has 0 saturated carbocycles. The summed E-state index contributed by atoms with van der Waals surface area (Å²) < 4.78 is 5.52. The third-order valence-electron chi connectivity index (χ3n) is 3.10. The molecule has 0 aliphatic carbocycles. The standard InChI is InChI=1S/C15H13N3O2/c1-9-10(2)17-18-15(16-9)20-14-8-12-6-4-3-5-11(12)7-13(14)19/h3-8,19H,1-2H3. The molecule has 0 saturated heterocycles. The number of phenols is 1. The Kier molecular flexibility index (Phi) is 2.95. The maximum Gasteiger partial charge on any atom is 0.341 e. The third-order valence-corrected chi connectivity index (χ3v) is 3.10. The van der Waals surface area contributed by atoms with Crippen LogP contribution < -0.4 is 4.74 Å². The van der Waals surface area contributed by atoms with E-state index in [1.807, 2.05) is 38.1 Å². The molecule has 1 aromatic heterocycles. The summed E-state index contributed by atoms with van der Waals surface area (Å²) in [6.07, 6.45) is 0. The molecule has 100 valence electrons. The number of hydrogen-bond acceptors (Lipinski definition) is 5. The summed E-state index contributed by atoms with van der Waals surface area (Å²) in [5, 5.41) is 19.7. The lowest BCUT2D eigenvalue weighted by Crippen LogP contribution is -1.99. The molecule has 1 N–H and O–H groups in total. The van der Waals surface area contributed by atoms with Crippen LogP contribution in [0.2, 0.25) is 0 Å². The number of ether oxygens (including phenoxy) is 1. The fraction of sp³-hybridized carbons (Fsp3) is 0.133. The Balaban J connectivity index is 2.01. The summed E-state index contributed by atoms with van der Waals surface area (Å²) in [5.41, 5.74) is 1.50. The van der Waals surface area contributed by atoms with Gasteiger partial charge in [0.2, 0.25) is 0 Å². The van der Waals surface area contributed by atoms with Gasteiger partial charge in [-0.25, -0.2) is 0 Å². The SMILES string of the molecule is Cc1nnc(Oc2cc3ccccc3cc2O)nc1C. The van der Waals surface area contributed by atoms with E-state index in [2.05, 4.69) is 15.2 Å². The molecule has 5 nitrogen and oxygen atoms in total. The summed E-state index contributed by atoms with van der Waals surface area (Å²) in [6.45, 7) is 3.66. The first kappa shape index (κ1) is 12.3. The topological polar surface area (TPSA) is 68.1 Å². The van der Waals surface area contributed by atoms with Crippen LogP contribution >= 0.6 is 0 Å². The quantitative estimate of drug-likeness (QED) is 0.772. The number of aryl methyl sites for hydroxylation is 2. The predicted octanol–water partition coefficient (Wildman–Crippen LogP) is 3.14. The molecule has 0 spiro atoms. The van der Waals surface area contributed by atoms with E-state index in [-0.39, 0.29) is 11.8 Å². The van der Waals surface area contributed by atoms with Crippen LogP contribution in [0.4, 0.5) is 0 Å². The summed E-state index contributed by atoms with van der Waals surface area (Å²) in [5.74, 6) is 0.360. The fourth-order valence-electron chi connectivity index (χ4n) is 1.87. The highest BCUT2D eigenvalue weighted by molar-refractivity contribution is 5.85. The van der Waals surface area contributed by atoms with Crippen molar-refractivity contribution in [2.45, 2.75) is 13.8 Å². The third kappa shape index (κ3) is 2.25. The minimum absolute atomic E-state index is 0.0468. The van der Waals surface area contributed by atoms with Crippen LogP contribution in [0.1, 0.15) is 11.4 Å². The van der Waals surface area contributed by atoms with Gasteiger partial charge < -0.3 is 9.84 Å². The molecule has 2 aromatic carbocycles. The summed E-state index contributed by atoms with van der Waals surface area (Å²) >= 11 is 0. The molecule has 0 amide bonds. The molecule has 20 heavy (non-hydrogen) atoms. The van der Waals surface area contributed by atoms with E-state index in [0.717, 1.165) is 22.2 Å². The van der Waals surface area contributed by atoms with Crippen molar-refractivity contribution in [3.63, 3.8) is 0 Å². The first-order valence-corrected chi connectivity index (χ1v) is 6.21. The second-order valence-corrected chi connectivity index (χ2v) is 4.53. The van der Waals surface area contributed by atoms with Gasteiger partial charge in [0.1, 0.15) is 0 Å². The number of hydrogen-bond donors (Lipinski definition) is 1. The molecule has 3 rings (SSSR count). The van der Waals surface area contributed by atoms with E-state index < -0.39 is 0 Å². The Morgan fingerprint density at radius 2 is 1.65 bits per heavy atom. The van der Waals surface area contributed by atoms with Gasteiger partial charge in [0, 0.05) is 0 Å². The average Bonchev–Trinajstić information content (AvgIpc) is 2.44. The van der Waals surface area contributed by atoms with Gasteiger partial charge in [0.25, 0.3) is 0 Å². The summed E-state index contributed by atoms with van der Waals surface area (Å²) in [6, 6.07) is 11.2. The normalized spacial score (nSPS) is 10.7. The smallest absolute Gasteiger partial charge is 0.341 e. The number of aromatic nitrogens is 3. The number of nitrogens with zero attached hydrogens (tertiary/aromatic N) is 3. The second-order valence-electron chi connectivity index (χ2n) is 4.53. The van der Waals surface area contributed by atoms with E-state index in [0.29, 0.717) is 5.75 Å². The van der Waals surface area contributed by atoms with Crippen molar-refractivity contribution < 1.29 is 9.84 Å². The predicted molar refractivity (Wildman–Crippen MR) is 75.0 cm³/mol. The number of rotatable bonds is 2. The lowest BCUT2D eigenvalue weighted by atomic mass is 10.1. The van der Waals surface area contributed by atoms with Gasteiger partial charge in [-0.15, -0.1) is 5.10 Å². The Hall–Kier alpha value is -2.69. The van der Waals surface area contributed by atoms with Gasteiger partial charge in [-0.05, 0) is 36.8 Å². The van der Waals surface area contributed by atoms with Gasteiger partial charge in [0.05, 0.1) is 11.4 Å². The zero-order valence-corrected chi connectivity index (χ0v) is 11.2. The molecule has 0 atom stereocenters. The van der Waals surface area contributed by atoms with Crippen molar-refractivity contribution in [2.24, 2.45) is 0 Å². The van der Waals surface area contributed by atoms with Crippen LogP contribution in [0, 0.1) is 13.8 Å². The zero-order valence-electron chi connectivity index (χ0n) is 11.2. The number of fused-ring (bicyclic) bond motifs is 1. The Bertz CT molecular complexity index is 787. The highest BCUT2D eigenvalue weighted by Crippen LogP contribution is 2.33. The van der Waals surface area contributed by atoms with E-state index in [9.17, 15) is 5.11 Å². The average molecular weight is 267 g/mol. The lowest BCUT2D eigenvalue weighted by Gasteiger charge is -2.08. The van der Waals surface area contributed by atoms with Crippen molar-refractivity contribution in [3.05, 3.63) is 47.8 Å². The van der Waals surface area contributed by atoms with E-state index in [4.69, 9.17) is 4.74 Å². The molecule has 0 fully saturated rings. The second kappa shape index (κ2) is 4.77. The lowest BCUT2D eigenvalue weighted by molar-refractivity contribution is 0.387. The molecule has 0 bridgehead atoms. The van der Waals surface area contributed by atoms with Crippen molar-refractivity contribution >= 4 is 10.8 Å². The number of phenolic OH excluding ortho intramolecular Hbond substituents is 1. The number of aromatic hydroxyl groups is 1. The molecule has 1 heterocycles. The minimum Gasteiger partial charge on any atom is -0.504 e. The van der Waals surface area contributed by atoms with Crippen LogP contribution in [0.15, 0.2) is 36.4 Å². The highest BCUT2D eigenvalue weighted by Gasteiger charge is 2.09. The fourth-order valence-corrected chi connectivity index (χ4v) is 1.87. The molecule has 5 heteroatoms. The first-order valence-electron chi connectivity index (χ1n) is 6.21. The van der Waals surface area contributed by atoms with Crippen LogP contribution in [0.5, 0.6) is 17.5 Å². The van der Waals surface area contributed by atoms with Crippen LogP contribution in [0.3, 0.4) is 0 Å². The molecule has 0 aliphatic heterocycles. The molecular weight excluding hydrogens is 254 g/mol. The van der Waals surface area contributed by atoms with Crippen molar-refractivity contribution in [1.29, 1.82) is 0 Å². The molecule has 0 radical (unpaired) electrons.